The first-order chi connectivity index (χ1) is 8.25. The Labute approximate surface area is 99.2 Å². The van der Waals surface area contributed by atoms with E-state index in [4.69, 9.17) is 10.00 Å². The van der Waals surface area contributed by atoms with Crippen LogP contribution in [-0.4, -0.2) is 11.0 Å². The highest BCUT2D eigenvalue weighted by atomic mass is 16.6. The zero-order valence-corrected chi connectivity index (χ0v) is 9.35. The SMILES string of the molecule is N#CC1CCC2(CC1)OC(=O)c1cccnc12. The minimum absolute atomic E-state index is 0.0899. The number of carbonyl (C=O) groups is 1. The van der Waals surface area contributed by atoms with Gasteiger partial charge in [0.25, 0.3) is 0 Å². The van der Waals surface area contributed by atoms with Crippen LogP contribution in [0, 0.1) is 17.2 Å². The van der Waals surface area contributed by atoms with Gasteiger partial charge >= 0.3 is 5.97 Å². The summed E-state index contributed by atoms with van der Waals surface area (Å²) in [4.78, 5) is 16.1. The van der Waals surface area contributed by atoms with Crippen LogP contribution in [0.3, 0.4) is 0 Å². The van der Waals surface area contributed by atoms with Crippen LogP contribution in [-0.2, 0) is 10.3 Å². The van der Waals surface area contributed by atoms with Crippen LogP contribution < -0.4 is 0 Å². The number of pyridine rings is 1. The smallest absolute Gasteiger partial charge is 0.341 e. The summed E-state index contributed by atoms with van der Waals surface area (Å²) in [6.07, 6.45) is 4.67. The zero-order chi connectivity index (χ0) is 11.9. The number of fused-ring (bicyclic) bond motifs is 2. The third-order valence-corrected chi connectivity index (χ3v) is 3.72. The topological polar surface area (TPSA) is 63.0 Å². The molecule has 1 fully saturated rings. The Balaban J connectivity index is 1.97. The molecular formula is C13H12N2O2. The third kappa shape index (κ3) is 1.42. The predicted molar refractivity (Wildman–Crippen MR) is 58.9 cm³/mol. The second-order valence-corrected chi connectivity index (χ2v) is 4.69. The van der Waals surface area contributed by atoms with Crippen LogP contribution >= 0.6 is 0 Å². The van der Waals surface area contributed by atoms with E-state index in [0.29, 0.717) is 18.4 Å². The molecule has 0 unspecified atom stereocenters. The Bertz CT molecular complexity index is 510. The zero-order valence-electron chi connectivity index (χ0n) is 9.35. The number of ether oxygens (including phenoxy) is 1. The summed E-state index contributed by atoms with van der Waals surface area (Å²) >= 11 is 0. The average Bonchev–Trinajstić information content (AvgIpc) is 2.65. The number of rotatable bonds is 0. The Kier molecular flexibility index (Phi) is 2.15. The second-order valence-electron chi connectivity index (χ2n) is 4.69. The molecule has 1 aliphatic heterocycles. The predicted octanol–water partition coefficient (Wildman–Crippen LogP) is 2.16. The molecule has 0 saturated heterocycles. The number of hydrogen-bond acceptors (Lipinski definition) is 4. The average molecular weight is 228 g/mol. The van der Waals surface area contributed by atoms with Gasteiger partial charge in [-0.25, -0.2) is 4.79 Å². The molecule has 0 N–H and O–H groups in total. The molecule has 1 aromatic rings. The van der Waals surface area contributed by atoms with Crippen LogP contribution in [0.1, 0.15) is 41.7 Å². The molecule has 86 valence electrons. The summed E-state index contributed by atoms with van der Waals surface area (Å²) in [6, 6.07) is 5.79. The minimum atomic E-state index is -0.555. The lowest BCUT2D eigenvalue weighted by atomic mass is 9.77. The van der Waals surface area contributed by atoms with Gasteiger partial charge in [0.1, 0.15) is 0 Å². The summed E-state index contributed by atoms with van der Waals surface area (Å²) in [7, 11) is 0. The van der Waals surface area contributed by atoms with Crippen molar-refractivity contribution in [2.45, 2.75) is 31.3 Å². The van der Waals surface area contributed by atoms with Crippen molar-refractivity contribution in [2.24, 2.45) is 5.92 Å². The fourth-order valence-corrected chi connectivity index (χ4v) is 2.77. The van der Waals surface area contributed by atoms with Crippen molar-refractivity contribution in [1.29, 1.82) is 5.26 Å². The molecular weight excluding hydrogens is 216 g/mol. The molecule has 0 bridgehead atoms. The van der Waals surface area contributed by atoms with E-state index >= 15 is 0 Å². The van der Waals surface area contributed by atoms with Gasteiger partial charge in [-0.15, -0.1) is 0 Å². The van der Waals surface area contributed by atoms with Gasteiger partial charge in [-0.2, -0.15) is 5.26 Å². The van der Waals surface area contributed by atoms with Gasteiger partial charge in [-0.3, -0.25) is 4.98 Å². The lowest BCUT2D eigenvalue weighted by molar-refractivity contribution is -0.0343. The third-order valence-electron chi connectivity index (χ3n) is 3.72. The molecule has 17 heavy (non-hydrogen) atoms. The Morgan fingerprint density at radius 2 is 2.24 bits per heavy atom. The van der Waals surface area contributed by atoms with Crippen LogP contribution in [0.2, 0.25) is 0 Å². The molecule has 0 radical (unpaired) electrons. The van der Waals surface area contributed by atoms with Gasteiger partial charge in [0, 0.05) is 12.1 Å². The summed E-state index contributed by atoms with van der Waals surface area (Å²) in [6.45, 7) is 0. The van der Waals surface area contributed by atoms with Crippen molar-refractivity contribution in [1.82, 2.24) is 4.98 Å². The number of aromatic nitrogens is 1. The highest BCUT2D eigenvalue weighted by Crippen LogP contribution is 2.46. The van der Waals surface area contributed by atoms with Gasteiger partial charge in [-0.1, -0.05) is 0 Å². The summed E-state index contributed by atoms with van der Waals surface area (Å²) in [5, 5.41) is 8.90. The van der Waals surface area contributed by atoms with Crippen molar-refractivity contribution in [3.63, 3.8) is 0 Å². The fourth-order valence-electron chi connectivity index (χ4n) is 2.77. The molecule has 2 heterocycles. The van der Waals surface area contributed by atoms with E-state index in [-0.39, 0.29) is 11.9 Å². The van der Waals surface area contributed by atoms with Gasteiger partial charge < -0.3 is 4.74 Å². The molecule has 1 saturated carbocycles. The van der Waals surface area contributed by atoms with Crippen molar-refractivity contribution in [3.8, 4) is 6.07 Å². The Morgan fingerprint density at radius 3 is 2.94 bits per heavy atom. The lowest BCUT2D eigenvalue weighted by Gasteiger charge is -2.33. The second kappa shape index (κ2) is 3.56. The molecule has 4 nitrogen and oxygen atoms in total. The van der Waals surface area contributed by atoms with E-state index in [1.807, 2.05) is 0 Å². The number of nitriles is 1. The number of nitrogens with zero attached hydrogens (tertiary/aromatic N) is 2. The molecule has 0 atom stereocenters. The van der Waals surface area contributed by atoms with Gasteiger partial charge in [0.15, 0.2) is 5.60 Å². The van der Waals surface area contributed by atoms with Crippen molar-refractivity contribution in [3.05, 3.63) is 29.6 Å². The van der Waals surface area contributed by atoms with E-state index in [2.05, 4.69) is 11.1 Å². The van der Waals surface area contributed by atoms with E-state index in [1.165, 1.54) is 0 Å². The summed E-state index contributed by atoms with van der Waals surface area (Å²) < 4.78 is 5.54. The quantitative estimate of drug-likeness (QED) is 0.638. The van der Waals surface area contributed by atoms with E-state index in [0.717, 1.165) is 18.5 Å². The molecule has 3 rings (SSSR count). The standard InChI is InChI=1S/C13H12N2O2/c14-8-9-3-5-13(6-4-9)11-10(12(16)17-13)2-1-7-15-11/h1-2,7,9H,3-6H2. The van der Waals surface area contributed by atoms with E-state index < -0.39 is 5.60 Å². The summed E-state index contributed by atoms with van der Waals surface area (Å²) in [5.74, 6) is -0.185. The lowest BCUT2D eigenvalue weighted by Crippen LogP contribution is -2.32. The first kappa shape index (κ1) is 10.3. The minimum Gasteiger partial charge on any atom is -0.449 e. The van der Waals surface area contributed by atoms with Crippen LogP contribution in [0.5, 0.6) is 0 Å². The Morgan fingerprint density at radius 1 is 1.47 bits per heavy atom. The number of esters is 1. The maximum atomic E-state index is 11.8. The number of hydrogen-bond donors (Lipinski definition) is 0. The molecule has 1 spiro atoms. The largest absolute Gasteiger partial charge is 0.449 e. The molecule has 4 heteroatoms. The van der Waals surface area contributed by atoms with Gasteiger partial charge in [0.05, 0.1) is 17.3 Å². The van der Waals surface area contributed by atoms with E-state index in [1.54, 1.807) is 18.3 Å². The normalized spacial score (nSPS) is 30.8. The first-order valence-electron chi connectivity index (χ1n) is 5.84. The van der Waals surface area contributed by atoms with Crippen LogP contribution in [0.15, 0.2) is 18.3 Å². The summed E-state index contributed by atoms with van der Waals surface area (Å²) in [5.41, 5.74) is 0.797. The van der Waals surface area contributed by atoms with Crippen LogP contribution in [0.4, 0.5) is 0 Å². The highest BCUT2D eigenvalue weighted by molar-refractivity contribution is 5.94. The molecule has 0 amide bonds. The fraction of sp³-hybridized carbons (Fsp3) is 0.462. The Hall–Kier alpha value is -1.89. The molecule has 2 aliphatic rings. The van der Waals surface area contributed by atoms with Crippen molar-refractivity contribution >= 4 is 5.97 Å². The van der Waals surface area contributed by atoms with E-state index in [9.17, 15) is 4.79 Å². The van der Waals surface area contributed by atoms with Crippen molar-refractivity contribution in [2.75, 3.05) is 0 Å². The molecule has 1 aliphatic carbocycles. The maximum absolute atomic E-state index is 11.8. The first-order valence-corrected chi connectivity index (χ1v) is 5.84. The monoisotopic (exact) mass is 228 g/mol. The highest BCUT2D eigenvalue weighted by Gasteiger charge is 2.48. The van der Waals surface area contributed by atoms with Gasteiger partial charge in [0.2, 0.25) is 0 Å². The van der Waals surface area contributed by atoms with Crippen LogP contribution in [0.25, 0.3) is 0 Å². The molecule has 0 aromatic carbocycles. The van der Waals surface area contributed by atoms with Gasteiger partial charge in [-0.05, 0) is 37.8 Å². The van der Waals surface area contributed by atoms with Crippen molar-refractivity contribution < 1.29 is 9.53 Å². The maximum Gasteiger partial charge on any atom is 0.341 e. The molecule has 1 aromatic heterocycles. The number of carbonyl (C=O) groups excluding carboxylic acids is 1.